The van der Waals surface area contributed by atoms with Crippen molar-refractivity contribution in [2.45, 2.75) is 27.2 Å². The van der Waals surface area contributed by atoms with Crippen LogP contribution < -0.4 is 5.32 Å². The van der Waals surface area contributed by atoms with E-state index < -0.39 is 10.8 Å². The molecule has 0 aliphatic carbocycles. The topological polar surface area (TPSA) is 114 Å². The van der Waals surface area contributed by atoms with Crippen molar-refractivity contribution in [1.29, 1.82) is 0 Å². The second-order valence-corrected chi connectivity index (χ2v) is 4.62. The number of carbonyl (C=O) groups excluding carboxylic acids is 1. The first kappa shape index (κ1) is 14.6. The van der Waals surface area contributed by atoms with Crippen molar-refractivity contribution in [3.8, 4) is 0 Å². The van der Waals surface area contributed by atoms with Crippen LogP contribution in [0.1, 0.15) is 34.5 Å². The fourth-order valence-electron chi connectivity index (χ4n) is 1.87. The number of carbonyl (C=O) groups is 1. The summed E-state index contributed by atoms with van der Waals surface area (Å²) in [5.74, 6) is 0.210. The molecule has 1 heterocycles. The van der Waals surface area contributed by atoms with Crippen LogP contribution in [0.4, 0.5) is 11.4 Å². The summed E-state index contributed by atoms with van der Waals surface area (Å²) in [7, 11) is 0. The monoisotopic (exact) mass is 289 g/mol. The minimum atomic E-state index is -0.456. The van der Waals surface area contributed by atoms with Crippen molar-refractivity contribution >= 4 is 17.3 Å². The van der Waals surface area contributed by atoms with Crippen LogP contribution >= 0.6 is 0 Å². The standard InChI is InChI=1S/C13H15N5O3/c1-4-11-15-12(17-16-11)13(19)14-9-5-8(3)10(18(20)21)6-7(9)2/h5-6H,4H2,1-3H3,(H,14,19)(H,15,16,17). The lowest BCUT2D eigenvalue weighted by atomic mass is 10.1. The molecule has 0 aliphatic heterocycles. The summed E-state index contributed by atoms with van der Waals surface area (Å²) in [6.07, 6.45) is 0.649. The third kappa shape index (κ3) is 3.04. The lowest BCUT2D eigenvalue weighted by Crippen LogP contribution is -2.15. The molecular formula is C13H15N5O3. The SMILES string of the molecule is CCc1nc(C(=O)Nc2cc(C)c([N+](=O)[O-])cc2C)n[nH]1. The van der Waals surface area contributed by atoms with E-state index in [-0.39, 0.29) is 11.5 Å². The molecule has 0 unspecified atom stereocenters. The fourth-order valence-corrected chi connectivity index (χ4v) is 1.87. The van der Waals surface area contributed by atoms with Gasteiger partial charge in [-0.3, -0.25) is 20.0 Å². The average Bonchev–Trinajstić information content (AvgIpc) is 2.91. The van der Waals surface area contributed by atoms with Crippen molar-refractivity contribution in [2.24, 2.45) is 0 Å². The third-order valence-corrected chi connectivity index (χ3v) is 3.06. The number of anilines is 1. The minimum Gasteiger partial charge on any atom is -0.319 e. The first-order valence-corrected chi connectivity index (χ1v) is 6.40. The zero-order valence-corrected chi connectivity index (χ0v) is 11.9. The molecule has 8 nitrogen and oxygen atoms in total. The number of nitro benzene ring substituents is 1. The molecule has 0 atom stereocenters. The van der Waals surface area contributed by atoms with E-state index in [0.29, 0.717) is 29.1 Å². The van der Waals surface area contributed by atoms with Crippen LogP contribution in [0.2, 0.25) is 0 Å². The number of hydrogen-bond acceptors (Lipinski definition) is 5. The maximum absolute atomic E-state index is 12.0. The Morgan fingerprint density at radius 3 is 2.67 bits per heavy atom. The molecule has 21 heavy (non-hydrogen) atoms. The van der Waals surface area contributed by atoms with E-state index in [1.54, 1.807) is 19.9 Å². The highest BCUT2D eigenvalue weighted by atomic mass is 16.6. The van der Waals surface area contributed by atoms with Crippen molar-refractivity contribution in [1.82, 2.24) is 15.2 Å². The van der Waals surface area contributed by atoms with Crippen LogP contribution in [0.15, 0.2) is 12.1 Å². The van der Waals surface area contributed by atoms with Crippen LogP contribution in [0.3, 0.4) is 0 Å². The van der Waals surface area contributed by atoms with Gasteiger partial charge in [0.15, 0.2) is 0 Å². The number of benzene rings is 1. The number of amides is 1. The summed E-state index contributed by atoms with van der Waals surface area (Å²) in [4.78, 5) is 26.5. The van der Waals surface area contributed by atoms with Crippen molar-refractivity contribution in [2.75, 3.05) is 5.32 Å². The Kier molecular flexibility index (Phi) is 3.97. The molecule has 0 saturated carbocycles. The molecule has 110 valence electrons. The van der Waals surface area contributed by atoms with E-state index >= 15 is 0 Å². The van der Waals surface area contributed by atoms with Gasteiger partial charge in [-0.2, -0.15) is 0 Å². The summed E-state index contributed by atoms with van der Waals surface area (Å²) in [6, 6.07) is 3.00. The van der Waals surface area contributed by atoms with Crippen LogP contribution in [0.5, 0.6) is 0 Å². The number of hydrogen-bond donors (Lipinski definition) is 2. The van der Waals surface area contributed by atoms with E-state index in [0.717, 1.165) is 0 Å². The van der Waals surface area contributed by atoms with Crippen molar-refractivity contribution in [3.63, 3.8) is 0 Å². The number of aromatic nitrogens is 3. The summed E-state index contributed by atoms with van der Waals surface area (Å²) in [6.45, 7) is 5.21. The second-order valence-electron chi connectivity index (χ2n) is 4.62. The molecule has 0 saturated heterocycles. The molecule has 0 fully saturated rings. The molecule has 2 rings (SSSR count). The van der Waals surface area contributed by atoms with Gasteiger partial charge in [0.1, 0.15) is 5.82 Å². The van der Waals surface area contributed by atoms with E-state index in [9.17, 15) is 14.9 Å². The maximum atomic E-state index is 12.0. The summed E-state index contributed by atoms with van der Waals surface area (Å²) in [5, 5.41) is 20.0. The van der Waals surface area contributed by atoms with E-state index in [1.807, 2.05) is 6.92 Å². The van der Waals surface area contributed by atoms with Crippen molar-refractivity contribution < 1.29 is 9.72 Å². The highest BCUT2D eigenvalue weighted by Gasteiger charge is 2.17. The number of nitro groups is 1. The molecule has 0 bridgehead atoms. The van der Waals surface area contributed by atoms with Gasteiger partial charge >= 0.3 is 0 Å². The molecule has 8 heteroatoms. The molecular weight excluding hydrogens is 274 g/mol. The van der Waals surface area contributed by atoms with Gasteiger partial charge in [-0.05, 0) is 25.5 Å². The molecule has 2 aromatic rings. The Bertz CT molecular complexity index is 708. The van der Waals surface area contributed by atoms with Crippen LogP contribution in [0.25, 0.3) is 0 Å². The van der Waals surface area contributed by atoms with Gasteiger partial charge in [-0.25, -0.2) is 4.98 Å². The van der Waals surface area contributed by atoms with Crippen molar-refractivity contribution in [3.05, 3.63) is 45.0 Å². The van der Waals surface area contributed by atoms with Gasteiger partial charge < -0.3 is 5.32 Å². The molecule has 1 aromatic carbocycles. The quantitative estimate of drug-likeness (QED) is 0.661. The Morgan fingerprint density at radius 2 is 2.10 bits per heavy atom. The lowest BCUT2D eigenvalue weighted by molar-refractivity contribution is -0.385. The Balaban J connectivity index is 2.25. The number of rotatable bonds is 4. The fraction of sp³-hybridized carbons (Fsp3) is 0.308. The minimum absolute atomic E-state index is 0.0247. The summed E-state index contributed by atoms with van der Waals surface area (Å²) >= 11 is 0. The molecule has 1 aromatic heterocycles. The van der Waals surface area contributed by atoms with Crippen LogP contribution in [0, 0.1) is 24.0 Å². The first-order chi connectivity index (χ1) is 9.92. The van der Waals surface area contributed by atoms with Gasteiger partial charge in [-0.1, -0.05) is 6.92 Å². The number of nitrogens with zero attached hydrogens (tertiary/aromatic N) is 3. The van der Waals surface area contributed by atoms with Gasteiger partial charge in [0, 0.05) is 23.7 Å². The number of aromatic amines is 1. The maximum Gasteiger partial charge on any atom is 0.295 e. The largest absolute Gasteiger partial charge is 0.319 e. The highest BCUT2D eigenvalue weighted by molar-refractivity contribution is 6.02. The smallest absolute Gasteiger partial charge is 0.295 e. The van der Waals surface area contributed by atoms with Gasteiger partial charge in [0.05, 0.1) is 4.92 Å². The molecule has 0 aliphatic rings. The Morgan fingerprint density at radius 1 is 1.38 bits per heavy atom. The normalized spacial score (nSPS) is 10.4. The predicted molar refractivity (Wildman–Crippen MR) is 76.3 cm³/mol. The zero-order valence-electron chi connectivity index (χ0n) is 11.9. The number of aryl methyl sites for hydroxylation is 3. The van der Waals surface area contributed by atoms with E-state index in [2.05, 4.69) is 20.5 Å². The number of H-pyrrole nitrogens is 1. The second kappa shape index (κ2) is 5.70. The average molecular weight is 289 g/mol. The molecule has 1 amide bonds. The summed E-state index contributed by atoms with van der Waals surface area (Å²) < 4.78 is 0. The molecule has 0 radical (unpaired) electrons. The number of nitrogens with one attached hydrogen (secondary N) is 2. The molecule has 2 N–H and O–H groups in total. The van der Waals surface area contributed by atoms with Gasteiger partial charge in [0.2, 0.25) is 5.82 Å². The Labute approximate surface area is 120 Å². The predicted octanol–water partition coefficient (Wildman–Crippen LogP) is 2.14. The third-order valence-electron chi connectivity index (χ3n) is 3.06. The zero-order chi connectivity index (χ0) is 15.6. The van der Waals surface area contributed by atoms with E-state index in [1.165, 1.54) is 6.07 Å². The van der Waals surface area contributed by atoms with Crippen LogP contribution in [-0.4, -0.2) is 26.0 Å². The van der Waals surface area contributed by atoms with E-state index in [4.69, 9.17) is 0 Å². The summed E-state index contributed by atoms with van der Waals surface area (Å²) in [5.41, 5.74) is 1.61. The highest BCUT2D eigenvalue weighted by Crippen LogP contribution is 2.26. The van der Waals surface area contributed by atoms with Gasteiger partial charge in [0.25, 0.3) is 11.6 Å². The molecule has 0 spiro atoms. The Hall–Kier alpha value is -2.77. The lowest BCUT2D eigenvalue weighted by Gasteiger charge is -2.08. The van der Waals surface area contributed by atoms with Crippen LogP contribution in [-0.2, 0) is 6.42 Å². The van der Waals surface area contributed by atoms with Gasteiger partial charge in [-0.15, -0.1) is 5.10 Å². The first-order valence-electron chi connectivity index (χ1n) is 6.40.